The summed E-state index contributed by atoms with van der Waals surface area (Å²) in [6.07, 6.45) is 1.18. The summed E-state index contributed by atoms with van der Waals surface area (Å²) < 4.78 is 26.6. The summed E-state index contributed by atoms with van der Waals surface area (Å²) in [5, 5.41) is 2.89. The number of carbonyl (C=O) groups excluding carboxylic acids is 2. The SMILES string of the molecule is O=C(NC1CCN(C(=O)c2ccccc2F)CC1)c1ccc(F)cc1. The largest absolute Gasteiger partial charge is 0.349 e. The molecule has 25 heavy (non-hydrogen) atoms. The van der Waals surface area contributed by atoms with Crippen LogP contribution >= 0.6 is 0 Å². The summed E-state index contributed by atoms with van der Waals surface area (Å²) in [6, 6.07) is 11.2. The minimum atomic E-state index is -0.528. The lowest BCUT2D eigenvalue weighted by Gasteiger charge is -2.32. The fourth-order valence-corrected chi connectivity index (χ4v) is 2.90. The Labute approximate surface area is 144 Å². The Morgan fingerprint density at radius 2 is 1.60 bits per heavy atom. The van der Waals surface area contributed by atoms with Gasteiger partial charge in [-0.05, 0) is 49.2 Å². The molecule has 0 atom stereocenters. The number of carbonyl (C=O) groups is 2. The van der Waals surface area contributed by atoms with Crippen molar-refractivity contribution in [2.45, 2.75) is 18.9 Å². The molecule has 130 valence electrons. The predicted molar refractivity (Wildman–Crippen MR) is 89.2 cm³/mol. The molecule has 1 aliphatic rings. The maximum absolute atomic E-state index is 13.7. The van der Waals surface area contributed by atoms with Crippen LogP contribution in [0.25, 0.3) is 0 Å². The van der Waals surface area contributed by atoms with E-state index < -0.39 is 11.6 Å². The van der Waals surface area contributed by atoms with Gasteiger partial charge in [-0.1, -0.05) is 12.1 Å². The highest BCUT2D eigenvalue weighted by molar-refractivity contribution is 5.95. The quantitative estimate of drug-likeness (QED) is 0.931. The lowest BCUT2D eigenvalue weighted by molar-refractivity contribution is 0.0693. The molecule has 1 fully saturated rings. The van der Waals surface area contributed by atoms with Crippen LogP contribution in [0.15, 0.2) is 48.5 Å². The summed E-state index contributed by atoms with van der Waals surface area (Å²) in [7, 11) is 0. The van der Waals surface area contributed by atoms with Crippen molar-refractivity contribution >= 4 is 11.8 Å². The third kappa shape index (κ3) is 4.02. The van der Waals surface area contributed by atoms with Crippen molar-refractivity contribution in [3.63, 3.8) is 0 Å². The smallest absolute Gasteiger partial charge is 0.256 e. The van der Waals surface area contributed by atoms with Crippen molar-refractivity contribution in [1.82, 2.24) is 10.2 Å². The van der Waals surface area contributed by atoms with Crippen LogP contribution in [0.1, 0.15) is 33.6 Å². The zero-order valence-corrected chi connectivity index (χ0v) is 13.5. The number of nitrogens with zero attached hydrogens (tertiary/aromatic N) is 1. The Morgan fingerprint density at radius 3 is 2.24 bits per heavy atom. The number of benzene rings is 2. The normalized spacial score (nSPS) is 15.0. The first-order valence-corrected chi connectivity index (χ1v) is 8.15. The van der Waals surface area contributed by atoms with E-state index in [0.29, 0.717) is 31.5 Å². The number of likely N-dealkylation sites (tertiary alicyclic amines) is 1. The number of hydrogen-bond acceptors (Lipinski definition) is 2. The standard InChI is InChI=1S/C19H18F2N2O2/c20-14-7-5-13(6-8-14)18(24)22-15-9-11-23(12-10-15)19(25)16-3-1-2-4-17(16)21/h1-8,15H,9-12H2,(H,22,24). The summed E-state index contributed by atoms with van der Waals surface area (Å²) in [5.41, 5.74) is 0.461. The number of hydrogen-bond donors (Lipinski definition) is 1. The van der Waals surface area contributed by atoms with Crippen LogP contribution in [0.4, 0.5) is 8.78 Å². The Kier molecular flexibility index (Phi) is 5.07. The highest BCUT2D eigenvalue weighted by Gasteiger charge is 2.26. The van der Waals surface area contributed by atoms with Gasteiger partial charge in [0.15, 0.2) is 0 Å². The molecule has 2 aromatic carbocycles. The topological polar surface area (TPSA) is 49.4 Å². The highest BCUT2D eigenvalue weighted by Crippen LogP contribution is 2.16. The molecule has 0 aliphatic carbocycles. The molecule has 0 saturated carbocycles. The van der Waals surface area contributed by atoms with Crippen LogP contribution < -0.4 is 5.32 Å². The van der Waals surface area contributed by atoms with Gasteiger partial charge in [-0.15, -0.1) is 0 Å². The van der Waals surface area contributed by atoms with E-state index in [-0.39, 0.29) is 23.4 Å². The lowest BCUT2D eigenvalue weighted by atomic mass is 10.0. The number of piperidine rings is 1. The van der Waals surface area contributed by atoms with Crippen molar-refractivity contribution in [3.8, 4) is 0 Å². The second-order valence-corrected chi connectivity index (χ2v) is 6.03. The fraction of sp³-hybridized carbons (Fsp3) is 0.263. The number of nitrogens with one attached hydrogen (secondary N) is 1. The predicted octanol–water partition coefficient (Wildman–Crippen LogP) is 3.00. The van der Waals surface area contributed by atoms with E-state index in [1.54, 1.807) is 17.0 Å². The lowest BCUT2D eigenvalue weighted by Crippen LogP contribution is -2.46. The van der Waals surface area contributed by atoms with Crippen molar-refractivity contribution < 1.29 is 18.4 Å². The first-order valence-electron chi connectivity index (χ1n) is 8.15. The van der Waals surface area contributed by atoms with Gasteiger partial charge in [0.2, 0.25) is 0 Å². The second-order valence-electron chi connectivity index (χ2n) is 6.03. The van der Waals surface area contributed by atoms with Gasteiger partial charge in [0.1, 0.15) is 11.6 Å². The van der Waals surface area contributed by atoms with Crippen molar-refractivity contribution in [3.05, 3.63) is 71.3 Å². The average molecular weight is 344 g/mol. The summed E-state index contributed by atoms with van der Waals surface area (Å²) in [4.78, 5) is 26.1. The van der Waals surface area contributed by atoms with Crippen LogP contribution in [0, 0.1) is 11.6 Å². The molecule has 1 saturated heterocycles. The Hall–Kier alpha value is -2.76. The zero-order chi connectivity index (χ0) is 17.8. The van der Waals surface area contributed by atoms with E-state index in [2.05, 4.69) is 5.32 Å². The van der Waals surface area contributed by atoms with Gasteiger partial charge in [0.05, 0.1) is 5.56 Å². The molecular weight excluding hydrogens is 326 g/mol. The van der Waals surface area contributed by atoms with Gasteiger partial charge in [-0.3, -0.25) is 9.59 Å². The molecule has 0 unspecified atom stereocenters. The van der Waals surface area contributed by atoms with E-state index in [0.717, 1.165) is 0 Å². The molecule has 0 radical (unpaired) electrons. The maximum Gasteiger partial charge on any atom is 0.256 e. The van der Waals surface area contributed by atoms with Crippen LogP contribution in [0.5, 0.6) is 0 Å². The van der Waals surface area contributed by atoms with Crippen LogP contribution in [-0.4, -0.2) is 35.8 Å². The van der Waals surface area contributed by atoms with Gasteiger partial charge >= 0.3 is 0 Å². The van der Waals surface area contributed by atoms with Gasteiger partial charge in [0, 0.05) is 24.7 Å². The summed E-state index contributed by atoms with van der Waals surface area (Å²) >= 11 is 0. The molecule has 3 rings (SSSR count). The van der Waals surface area contributed by atoms with E-state index in [1.165, 1.54) is 36.4 Å². The summed E-state index contributed by atoms with van der Waals surface area (Å²) in [5.74, 6) is -1.52. The minimum absolute atomic E-state index is 0.0660. The molecule has 4 nitrogen and oxygen atoms in total. The molecule has 0 spiro atoms. The Balaban J connectivity index is 1.55. The van der Waals surface area contributed by atoms with Crippen molar-refractivity contribution in [2.75, 3.05) is 13.1 Å². The molecule has 1 aliphatic heterocycles. The highest BCUT2D eigenvalue weighted by atomic mass is 19.1. The van der Waals surface area contributed by atoms with Crippen LogP contribution in [0.3, 0.4) is 0 Å². The van der Waals surface area contributed by atoms with E-state index in [1.807, 2.05) is 0 Å². The molecular formula is C19H18F2N2O2. The van der Waals surface area contributed by atoms with Gasteiger partial charge in [0.25, 0.3) is 11.8 Å². The first-order chi connectivity index (χ1) is 12.0. The van der Waals surface area contributed by atoms with Gasteiger partial charge < -0.3 is 10.2 Å². The molecule has 1 heterocycles. The van der Waals surface area contributed by atoms with Crippen molar-refractivity contribution in [1.29, 1.82) is 0 Å². The number of halogens is 2. The maximum atomic E-state index is 13.7. The fourth-order valence-electron chi connectivity index (χ4n) is 2.90. The number of amides is 2. The van der Waals surface area contributed by atoms with Crippen LogP contribution in [0.2, 0.25) is 0 Å². The van der Waals surface area contributed by atoms with Gasteiger partial charge in [-0.2, -0.15) is 0 Å². The molecule has 0 bridgehead atoms. The second kappa shape index (κ2) is 7.42. The third-order valence-corrected chi connectivity index (χ3v) is 4.33. The Bertz CT molecular complexity index is 769. The molecule has 2 aromatic rings. The Morgan fingerprint density at radius 1 is 0.960 bits per heavy atom. The summed E-state index contributed by atoms with van der Waals surface area (Å²) in [6.45, 7) is 0.892. The third-order valence-electron chi connectivity index (χ3n) is 4.33. The number of rotatable bonds is 3. The monoisotopic (exact) mass is 344 g/mol. The molecule has 1 N–H and O–H groups in total. The zero-order valence-electron chi connectivity index (χ0n) is 13.5. The van der Waals surface area contributed by atoms with Gasteiger partial charge in [-0.25, -0.2) is 8.78 Å². The van der Waals surface area contributed by atoms with E-state index in [4.69, 9.17) is 0 Å². The van der Waals surface area contributed by atoms with E-state index >= 15 is 0 Å². The first kappa shape index (κ1) is 17.1. The van der Waals surface area contributed by atoms with Crippen molar-refractivity contribution in [2.24, 2.45) is 0 Å². The molecule has 0 aromatic heterocycles. The average Bonchev–Trinajstić information content (AvgIpc) is 2.63. The molecule has 2 amide bonds. The van der Waals surface area contributed by atoms with E-state index in [9.17, 15) is 18.4 Å². The minimum Gasteiger partial charge on any atom is -0.349 e. The van der Waals surface area contributed by atoms with Crippen LogP contribution in [-0.2, 0) is 0 Å². The molecule has 6 heteroatoms.